The van der Waals surface area contributed by atoms with E-state index in [9.17, 15) is 4.79 Å². The van der Waals surface area contributed by atoms with Crippen LogP contribution in [0.1, 0.15) is 19.0 Å². The number of pyridine rings is 1. The summed E-state index contributed by atoms with van der Waals surface area (Å²) in [5, 5.41) is 4.96. The van der Waals surface area contributed by atoms with Gasteiger partial charge in [-0.2, -0.15) is 5.10 Å². The Morgan fingerprint density at radius 2 is 2.25 bits per heavy atom. The summed E-state index contributed by atoms with van der Waals surface area (Å²) in [6.45, 7) is 5.35. The van der Waals surface area contributed by atoms with E-state index in [1.807, 2.05) is 35.9 Å². The first-order chi connectivity index (χ1) is 11.6. The first-order valence-corrected chi connectivity index (χ1v) is 8.56. The first-order valence-electron chi connectivity index (χ1n) is 8.16. The van der Waals surface area contributed by atoms with Crippen LogP contribution in [0.5, 0.6) is 0 Å². The van der Waals surface area contributed by atoms with Crippen molar-refractivity contribution in [1.82, 2.24) is 20.2 Å². The highest BCUT2D eigenvalue weighted by Crippen LogP contribution is 2.23. The van der Waals surface area contributed by atoms with Crippen LogP contribution in [0.25, 0.3) is 0 Å². The zero-order valence-electron chi connectivity index (χ0n) is 14.0. The molecule has 3 rings (SSSR count). The van der Waals surface area contributed by atoms with Gasteiger partial charge in [-0.15, -0.1) is 0 Å². The molecule has 0 aliphatic carbocycles. The minimum Gasteiger partial charge on any atom is -0.372 e. The summed E-state index contributed by atoms with van der Waals surface area (Å²) in [5.74, 6) is 0.104. The monoisotopic (exact) mass is 346 g/mol. The molecule has 1 N–H and O–H groups in total. The number of carbonyl (C=O) groups excluding carboxylic acids is 1. The van der Waals surface area contributed by atoms with Crippen LogP contribution in [-0.4, -0.2) is 71.3 Å². The SMILES string of the molecule is CCN1CCN(C(=S)N/N=C2/CCN(C)c3cccnc32)CC1=O. The average molecular weight is 346 g/mol. The lowest BCUT2D eigenvalue weighted by Gasteiger charge is -2.34. The van der Waals surface area contributed by atoms with Crippen molar-refractivity contribution in [3.05, 3.63) is 24.0 Å². The second-order valence-electron chi connectivity index (χ2n) is 5.91. The Morgan fingerprint density at radius 1 is 1.42 bits per heavy atom. The number of hydrogen-bond donors (Lipinski definition) is 1. The Hall–Kier alpha value is -2.22. The van der Waals surface area contributed by atoms with Crippen molar-refractivity contribution in [3.8, 4) is 0 Å². The lowest BCUT2D eigenvalue weighted by molar-refractivity contribution is -0.134. The first kappa shape index (κ1) is 16.6. The van der Waals surface area contributed by atoms with Crippen molar-refractivity contribution in [1.29, 1.82) is 0 Å². The predicted octanol–water partition coefficient (Wildman–Crippen LogP) is 0.664. The Bertz CT molecular complexity index is 676. The summed E-state index contributed by atoms with van der Waals surface area (Å²) >= 11 is 5.40. The summed E-state index contributed by atoms with van der Waals surface area (Å²) in [5.41, 5.74) is 5.79. The maximum atomic E-state index is 12.0. The summed E-state index contributed by atoms with van der Waals surface area (Å²) in [6, 6.07) is 3.97. The van der Waals surface area contributed by atoms with Crippen molar-refractivity contribution < 1.29 is 4.79 Å². The third kappa shape index (κ3) is 3.33. The van der Waals surface area contributed by atoms with E-state index in [-0.39, 0.29) is 5.91 Å². The summed E-state index contributed by atoms with van der Waals surface area (Å²) < 4.78 is 0. The molecule has 3 heterocycles. The highest BCUT2D eigenvalue weighted by molar-refractivity contribution is 7.80. The minimum atomic E-state index is 0.104. The highest BCUT2D eigenvalue weighted by Gasteiger charge is 2.25. The molecule has 1 aromatic heterocycles. The molecule has 1 fully saturated rings. The van der Waals surface area contributed by atoms with Gasteiger partial charge in [-0.1, -0.05) is 0 Å². The largest absolute Gasteiger partial charge is 0.372 e. The van der Waals surface area contributed by atoms with E-state index >= 15 is 0 Å². The number of aromatic nitrogens is 1. The fourth-order valence-electron chi connectivity index (χ4n) is 2.95. The number of anilines is 1. The van der Waals surface area contributed by atoms with Crippen molar-refractivity contribution in [2.45, 2.75) is 13.3 Å². The van der Waals surface area contributed by atoms with Gasteiger partial charge in [0, 0.05) is 45.8 Å². The van der Waals surface area contributed by atoms with E-state index in [2.05, 4.69) is 20.4 Å². The maximum Gasteiger partial charge on any atom is 0.242 e. The van der Waals surface area contributed by atoms with Crippen LogP contribution in [0.3, 0.4) is 0 Å². The van der Waals surface area contributed by atoms with Gasteiger partial charge in [0.05, 0.1) is 17.9 Å². The van der Waals surface area contributed by atoms with Gasteiger partial charge < -0.3 is 14.7 Å². The van der Waals surface area contributed by atoms with E-state index in [1.165, 1.54) is 0 Å². The molecule has 0 spiro atoms. The molecule has 128 valence electrons. The normalized spacial score (nSPS) is 19.5. The Kier molecular flexibility index (Phi) is 4.94. The molecule has 1 amide bonds. The molecule has 1 saturated heterocycles. The fraction of sp³-hybridized carbons (Fsp3) is 0.500. The number of thiocarbonyl (C=S) groups is 1. The van der Waals surface area contributed by atoms with Crippen molar-refractivity contribution in [2.24, 2.45) is 5.10 Å². The molecule has 0 radical (unpaired) electrons. The topological polar surface area (TPSA) is 64.1 Å². The number of hydrogen-bond acceptors (Lipinski definition) is 5. The van der Waals surface area contributed by atoms with Gasteiger partial charge in [-0.3, -0.25) is 15.2 Å². The van der Waals surface area contributed by atoms with Crippen LogP contribution in [0.15, 0.2) is 23.4 Å². The number of fused-ring (bicyclic) bond motifs is 1. The van der Waals surface area contributed by atoms with Crippen LogP contribution >= 0.6 is 12.2 Å². The molecular weight excluding hydrogens is 324 g/mol. The van der Waals surface area contributed by atoms with E-state index in [0.717, 1.165) is 43.1 Å². The lowest BCUT2D eigenvalue weighted by Crippen LogP contribution is -2.53. The summed E-state index contributed by atoms with van der Waals surface area (Å²) in [6.07, 6.45) is 2.58. The Morgan fingerprint density at radius 3 is 3.00 bits per heavy atom. The molecule has 8 heteroatoms. The van der Waals surface area contributed by atoms with Gasteiger partial charge in [0.1, 0.15) is 5.69 Å². The second-order valence-corrected chi connectivity index (χ2v) is 6.30. The van der Waals surface area contributed by atoms with Gasteiger partial charge in [0.15, 0.2) is 5.11 Å². The third-order valence-corrected chi connectivity index (χ3v) is 4.78. The zero-order valence-corrected chi connectivity index (χ0v) is 14.8. The molecule has 0 bridgehead atoms. The van der Waals surface area contributed by atoms with Crippen molar-refractivity contribution >= 4 is 34.6 Å². The highest BCUT2D eigenvalue weighted by atomic mass is 32.1. The Labute approximate surface area is 147 Å². The smallest absolute Gasteiger partial charge is 0.242 e. The van der Waals surface area contributed by atoms with Crippen LogP contribution in [0.4, 0.5) is 5.69 Å². The fourth-order valence-corrected chi connectivity index (χ4v) is 3.15. The second kappa shape index (κ2) is 7.12. The number of nitrogens with one attached hydrogen (secondary N) is 1. The van der Waals surface area contributed by atoms with Crippen LogP contribution < -0.4 is 10.3 Å². The molecule has 0 atom stereocenters. The summed E-state index contributed by atoms with van der Waals surface area (Å²) in [4.78, 5) is 22.3. The average Bonchev–Trinajstić information content (AvgIpc) is 2.61. The summed E-state index contributed by atoms with van der Waals surface area (Å²) in [7, 11) is 2.05. The molecule has 0 saturated carbocycles. The number of piperazine rings is 1. The molecule has 7 nitrogen and oxygen atoms in total. The standard InChI is InChI=1S/C16H22N6OS/c1-3-21-9-10-22(11-14(21)23)16(24)19-18-12-6-8-20(2)13-5-4-7-17-15(12)13/h4-5,7H,3,6,8-11H2,1-2H3,(H,19,24)/b18-12-. The van der Waals surface area contributed by atoms with Crippen molar-refractivity contribution in [3.63, 3.8) is 0 Å². The number of hydrazone groups is 1. The van der Waals surface area contributed by atoms with Crippen LogP contribution in [0, 0.1) is 0 Å². The third-order valence-electron chi connectivity index (χ3n) is 4.43. The number of likely N-dealkylation sites (N-methyl/N-ethyl adjacent to an activating group) is 1. The minimum absolute atomic E-state index is 0.104. The van der Waals surface area contributed by atoms with Gasteiger partial charge in [0.2, 0.25) is 5.91 Å². The molecule has 1 aromatic rings. The van der Waals surface area contributed by atoms with Gasteiger partial charge >= 0.3 is 0 Å². The Balaban J connectivity index is 1.67. The number of amides is 1. The molecule has 0 aromatic carbocycles. The molecule has 2 aliphatic rings. The predicted molar refractivity (Wildman–Crippen MR) is 98.2 cm³/mol. The lowest BCUT2D eigenvalue weighted by atomic mass is 10.1. The van der Waals surface area contributed by atoms with E-state index < -0.39 is 0 Å². The van der Waals surface area contributed by atoms with Crippen LogP contribution in [-0.2, 0) is 4.79 Å². The molecule has 2 aliphatic heterocycles. The van der Waals surface area contributed by atoms with Crippen LogP contribution in [0.2, 0.25) is 0 Å². The van der Waals surface area contributed by atoms with E-state index in [0.29, 0.717) is 18.2 Å². The molecule has 0 unspecified atom stereocenters. The van der Waals surface area contributed by atoms with Crippen molar-refractivity contribution in [2.75, 3.05) is 44.7 Å². The number of carbonyl (C=O) groups is 1. The van der Waals surface area contributed by atoms with E-state index in [1.54, 1.807) is 6.20 Å². The maximum absolute atomic E-state index is 12.0. The van der Waals surface area contributed by atoms with Gasteiger partial charge in [-0.25, -0.2) is 0 Å². The van der Waals surface area contributed by atoms with Gasteiger partial charge in [-0.05, 0) is 31.3 Å². The number of nitrogens with zero attached hydrogens (tertiary/aromatic N) is 5. The van der Waals surface area contributed by atoms with Gasteiger partial charge in [0.25, 0.3) is 0 Å². The molecular formula is C16H22N6OS. The number of rotatable bonds is 2. The van der Waals surface area contributed by atoms with E-state index in [4.69, 9.17) is 12.2 Å². The molecule has 24 heavy (non-hydrogen) atoms. The quantitative estimate of drug-likeness (QED) is 0.627. The zero-order chi connectivity index (χ0) is 17.1.